The quantitative estimate of drug-likeness (QED) is 0.858. The Labute approximate surface area is 112 Å². The molecule has 18 heavy (non-hydrogen) atoms. The van der Waals surface area contributed by atoms with Crippen molar-refractivity contribution >= 4 is 18.3 Å². The van der Waals surface area contributed by atoms with E-state index in [-0.39, 0.29) is 29.5 Å². The molecule has 0 spiro atoms. The minimum Gasteiger partial charge on any atom is -0.355 e. The SMILES string of the molecule is Cl.NCCC(=O)NCC1(c2ccc(F)cc2)CC1. The number of carbonyl (C=O) groups is 1. The second kappa shape index (κ2) is 6.16. The van der Waals surface area contributed by atoms with Gasteiger partial charge in [-0.25, -0.2) is 4.39 Å². The maximum Gasteiger partial charge on any atom is 0.221 e. The van der Waals surface area contributed by atoms with Crippen LogP contribution in [-0.4, -0.2) is 19.0 Å². The van der Waals surface area contributed by atoms with Crippen molar-refractivity contribution in [1.82, 2.24) is 5.32 Å². The van der Waals surface area contributed by atoms with E-state index in [9.17, 15) is 9.18 Å². The lowest BCUT2D eigenvalue weighted by Crippen LogP contribution is -2.33. The summed E-state index contributed by atoms with van der Waals surface area (Å²) in [7, 11) is 0. The van der Waals surface area contributed by atoms with E-state index in [1.54, 1.807) is 12.1 Å². The number of hydrogen-bond donors (Lipinski definition) is 2. The smallest absolute Gasteiger partial charge is 0.221 e. The van der Waals surface area contributed by atoms with E-state index in [1.807, 2.05) is 0 Å². The van der Waals surface area contributed by atoms with Gasteiger partial charge in [-0.15, -0.1) is 12.4 Å². The van der Waals surface area contributed by atoms with Gasteiger partial charge in [0.15, 0.2) is 0 Å². The molecule has 1 aromatic carbocycles. The highest BCUT2D eigenvalue weighted by Crippen LogP contribution is 2.47. The van der Waals surface area contributed by atoms with Crippen LogP contribution in [0, 0.1) is 5.82 Å². The van der Waals surface area contributed by atoms with Crippen molar-refractivity contribution in [2.75, 3.05) is 13.1 Å². The molecule has 3 nitrogen and oxygen atoms in total. The zero-order valence-corrected chi connectivity index (χ0v) is 10.9. The normalized spacial score (nSPS) is 15.7. The molecule has 0 atom stereocenters. The maximum absolute atomic E-state index is 12.8. The van der Waals surface area contributed by atoms with Gasteiger partial charge < -0.3 is 11.1 Å². The van der Waals surface area contributed by atoms with Gasteiger partial charge in [0.1, 0.15) is 5.82 Å². The Bertz CT molecular complexity index is 404. The highest BCUT2D eigenvalue weighted by molar-refractivity contribution is 5.85. The van der Waals surface area contributed by atoms with Gasteiger partial charge in [-0.1, -0.05) is 12.1 Å². The maximum atomic E-state index is 12.8. The van der Waals surface area contributed by atoms with E-state index in [1.165, 1.54) is 12.1 Å². The van der Waals surface area contributed by atoms with Crippen molar-refractivity contribution in [2.24, 2.45) is 5.73 Å². The zero-order valence-electron chi connectivity index (χ0n) is 10.1. The summed E-state index contributed by atoms with van der Waals surface area (Å²) >= 11 is 0. The van der Waals surface area contributed by atoms with E-state index >= 15 is 0 Å². The van der Waals surface area contributed by atoms with Gasteiger partial charge in [-0.2, -0.15) is 0 Å². The molecule has 1 amide bonds. The minimum atomic E-state index is -0.225. The summed E-state index contributed by atoms with van der Waals surface area (Å²) in [5.41, 5.74) is 6.44. The highest BCUT2D eigenvalue weighted by atomic mass is 35.5. The van der Waals surface area contributed by atoms with Gasteiger partial charge in [-0.05, 0) is 30.5 Å². The van der Waals surface area contributed by atoms with Crippen molar-refractivity contribution < 1.29 is 9.18 Å². The molecule has 2 rings (SSSR count). The van der Waals surface area contributed by atoms with E-state index in [0.29, 0.717) is 19.5 Å². The predicted octanol–water partition coefficient (Wildman–Crippen LogP) is 1.74. The van der Waals surface area contributed by atoms with Gasteiger partial charge >= 0.3 is 0 Å². The Kier molecular flexibility index (Phi) is 5.11. The third-order valence-corrected chi connectivity index (χ3v) is 3.31. The molecular formula is C13H18ClFN2O. The molecule has 0 aliphatic heterocycles. The summed E-state index contributed by atoms with van der Waals surface area (Å²) in [5.74, 6) is -0.238. The molecule has 0 unspecified atom stereocenters. The fourth-order valence-electron chi connectivity index (χ4n) is 2.01. The van der Waals surface area contributed by atoms with Crippen LogP contribution in [0.1, 0.15) is 24.8 Å². The van der Waals surface area contributed by atoms with Crippen molar-refractivity contribution in [1.29, 1.82) is 0 Å². The fraction of sp³-hybridized carbons (Fsp3) is 0.462. The molecule has 1 aromatic rings. The Hall–Kier alpha value is -1.13. The molecule has 0 saturated heterocycles. The van der Waals surface area contributed by atoms with Crippen LogP contribution in [0.5, 0.6) is 0 Å². The lowest BCUT2D eigenvalue weighted by atomic mass is 9.96. The second-order valence-electron chi connectivity index (χ2n) is 4.60. The molecule has 0 heterocycles. The van der Waals surface area contributed by atoms with E-state index < -0.39 is 0 Å². The summed E-state index contributed by atoms with van der Waals surface area (Å²) in [6.07, 6.45) is 2.45. The van der Waals surface area contributed by atoms with Crippen LogP contribution in [-0.2, 0) is 10.2 Å². The lowest BCUT2D eigenvalue weighted by Gasteiger charge is -2.16. The van der Waals surface area contributed by atoms with E-state index in [0.717, 1.165) is 18.4 Å². The molecule has 0 bridgehead atoms. The molecule has 1 saturated carbocycles. The zero-order chi connectivity index (χ0) is 12.3. The predicted molar refractivity (Wildman–Crippen MR) is 71.2 cm³/mol. The van der Waals surface area contributed by atoms with Gasteiger partial charge in [-0.3, -0.25) is 4.79 Å². The molecule has 100 valence electrons. The summed E-state index contributed by atoms with van der Waals surface area (Å²) in [6.45, 7) is 0.993. The van der Waals surface area contributed by atoms with Gasteiger partial charge in [0.2, 0.25) is 5.91 Å². The second-order valence-corrected chi connectivity index (χ2v) is 4.60. The van der Waals surface area contributed by atoms with Crippen LogP contribution in [0.15, 0.2) is 24.3 Å². The molecule has 1 aliphatic carbocycles. The van der Waals surface area contributed by atoms with Gasteiger partial charge in [0, 0.05) is 24.9 Å². The van der Waals surface area contributed by atoms with Crippen LogP contribution in [0.25, 0.3) is 0 Å². The largest absolute Gasteiger partial charge is 0.355 e. The molecule has 1 aliphatic rings. The van der Waals surface area contributed by atoms with Crippen LogP contribution < -0.4 is 11.1 Å². The van der Waals surface area contributed by atoms with Crippen molar-refractivity contribution in [3.8, 4) is 0 Å². The number of rotatable bonds is 5. The third-order valence-electron chi connectivity index (χ3n) is 3.31. The first-order valence-corrected chi connectivity index (χ1v) is 5.89. The Morgan fingerprint density at radius 2 is 1.94 bits per heavy atom. The van der Waals surface area contributed by atoms with Gasteiger partial charge in [0.05, 0.1) is 0 Å². The van der Waals surface area contributed by atoms with E-state index in [2.05, 4.69) is 5.32 Å². The summed E-state index contributed by atoms with van der Waals surface area (Å²) in [6, 6.07) is 6.54. The number of halogens is 2. The average Bonchev–Trinajstić information content (AvgIpc) is 3.09. The van der Waals surface area contributed by atoms with Crippen molar-refractivity contribution in [3.05, 3.63) is 35.6 Å². The number of amides is 1. The fourth-order valence-corrected chi connectivity index (χ4v) is 2.01. The van der Waals surface area contributed by atoms with E-state index in [4.69, 9.17) is 5.73 Å². The van der Waals surface area contributed by atoms with Crippen molar-refractivity contribution in [3.63, 3.8) is 0 Å². The molecular weight excluding hydrogens is 255 g/mol. The first-order valence-electron chi connectivity index (χ1n) is 5.89. The van der Waals surface area contributed by atoms with Crippen LogP contribution in [0.3, 0.4) is 0 Å². The topological polar surface area (TPSA) is 55.1 Å². The number of benzene rings is 1. The summed E-state index contributed by atoms with van der Waals surface area (Å²) in [5, 5.41) is 2.89. The number of carbonyl (C=O) groups excluding carboxylic acids is 1. The third kappa shape index (κ3) is 3.43. The number of nitrogens with one attached hydrogen (secondary N) is 1. The number of nitrogens with two attached hydrogens (primary N) is 1. The highest BCUT2D eigenvalue weighted by Gasteiger charge is 2.44. The lowest BCUT2D eigenvalue weighted by molar-refractivity contribution is -0.121. The molecule has 0 aromatic heterocycles. The Balaban J connectivity index is 0.00000162. The molecule has 1 fully saturated rings. The van der Waals surface area contributed by atoms with Crippen LogP contribution >= 0.6 is 12.4 Å². The molecule has 0 radical (unpaired) electrons. The first kappa shape index (κ1) is 14.9. The average molecular weight is 273 g/mol. The van der Waals surface area contributed by atoms with Crippen LogP contribution in [0.4, 0.5) is 4.39 Å². The number of hydrogen-bond acceptors (Lipinski definition) is 2. The minimum absolute atomic E-state index is 0. The summed E-state index contributed by atoms with van der Waals surface area (Å²) < 4.78 is 12.8. The summed E-state index contributed by atoms with van der Waals surface area (Å²) in [4.78, 5) is 11.4. The standard InChI is InChI=1S/C13H17FN2O.ClH/c14-11-3-1-10(2-4-11)13(6-7-13)9-16-12(17)5-8-15;/h1-4H,5-9,15H2,(H,16,17);1H. The van der Waals surface area contributed by atoms with Crippen LogP contribution in [0.2, 0.25) is 0 Å². The molecule has 3 N–H and O–H groups in total. The molecule has 5 heteroatoms. The Morgan fingerprint density at radius 1 is 1.33 bits per heavy atom. The Morgan fingerprint density at radius 3 is 2.44 bits per heavy atom. The van der Waals surface area contributed by atoms with Crippen molar-refractivity contribution in [2.45, 2.75) is 24.7 Å². The monoisotopic (exact) mass is 272 g/mol. The van der Waals surface area contributed by atoms with Gasteiger partial charge in [0.25, 0.3) is 0 Å². The first-order chi connectivity index (χ1) is 8.16.